The van der Waals surface area contributed by atoms with Crippen LogP contribution in [-0.2, 0) is 16.6 Å². The third kappa shape index (κ3) is 3.89. The van der Waals surface area contributed by atoms with Crippen LogP contribution in [0.15, 0.2) is 47.5 Å². The van der Waals surface area contributed by atoms with E-state index in [1.165, 1.54) is 18.2 Å². The molecule has 2 N–H and O–H groups in total. The molecule has 1 fully saturated rings. The number of piperazine rings is 1. The number of pyridine rings is 1. The Morgan fingerprint density at radius 2 is 1.75 bits per heavy atom. The van der Waals surface area contributed by atoms with E-state index in [4.69, 9.17) is 5.14 Å². The molecule has 0 saturated carbocycles. The Morgan fingerprint density at radius 3 is 2.33 bits per heavy atom. The summed E-state index contributed by atoms with van der Waals surface area (Å²) < 4.78 is 36.2. The zero-order valence-corrected chi connectivity index (χ0v) is 13.9. The molecular weight excluding hydrogens is 331 g/mol. The summed E-state index contributed by atoms with van der Waals surface area (Å²) in [5.41, 5.74) is 1.41. The molecule has 1 aromatic carbocycles. The van der Waals surface area contributed by atoms with Gasteiger partial charge in [0.2, 0.25) is 10.0 Å². The number of rotatable bonds is 4. The minimum absolute atomic E-state index is 0.107. The van der Waals surface area contributed by atoms with Crippen molar-refractivity contribution in [1.29, 1.82) is 0 Å². The quantitative estimate of drug-likeness (QED) is 0.896. The SMILES string of the molecule is NS(=O)(=O)c1ccc(N2CCN(Cc3ncccc3F)CC2)cc1. The summed E-state index contributed by atoms with van der Waals surface area (Å²) in [7, 11) is -3.67. The van der Waals surface area contributed by atoms with Gasteiger partial charge in [-0.3, -0.25) is 9.88 Å². The van der Waals surface area contributed by atoms with Crippen molar-refractivity contribution in [1.82, 2.24) is 9.88 Å². The second-order valence-corrected chi connectivity index (χ2v) is 7.30. The number of sulfonamides is 1. The van der Waals surface area contributed by atoms with Gasteiger partial charge in [-0.05, 0) is 36.4 Å². The standard InChI is InChI=1S/C16H19FN4O2S/c17-15-2-1-7-19-16(15)12-20-8-10-21(11-9-20)13-3-5-14(6-4-13)24(18,22)23/h1-7H,8-12H2,(H2,18,22,23). The van der Waals surface area contributed by atoms with Crippen LogP contribution in [-0.4, -0.2) is 44.5 Å². The monoisotopic (exact) mass is 350 g/mol. The van der Waals surface area contributed by atoms with Crippen LogP contribution < -0.4 is 10.0 Å². The molecule has 0 spiro atoms. The van der Waals surface area contributed by atoms with Gasteiger partial charge < -0.3 is 4.90 Å². The van der Waals surface area contributed by atoms with Crippen molar-refractivity contribution >= 4 is 15.7 Å². The smallest absolute Gasteiger partial charge is 0.238 e. The lowest BCUT2D eigenvalue weighted by Crippen LogP contribution is -2.46. The average molecular weight is 350 g/mol. The highest BCUT2D eigenvalue weighted by Crippen LogP contribution is 2.19. The number of halogens is 1. The second kappa shape index (κ2) is 6.84. The number of primary sulfonamides is 1. The Labute approximate surface area is 140 Å². The van der Waals surface area contributed by atoms with E-state index in [2.05, 4.69) is 14.8 Å². The molecule has 0 amide bonds. The third-order valence-corrected chi connectivity index (χ3v) is 5.04. The van der Waals surface area contributed by atoms with Gasteiger partial charge in [0.05, 0.1) is 10.6 Å². The Kier molecular flexibility index (Phi) is 4.79. The van der Waals surface area contributed by atoms with E-state index < -0.39 is 10.0 Å². The Hall–Kier alpha value is -2.03. The van der Waals surface area contributed by atoms with E-state index in [1.807, 2.05) is 0 Å². The van der Waals surface area contributed by atoms with Crippen LogP contribution in [0.25, 0.3) is 0 Å². The first kappa shape index (κ1) is 16.8. The van der Waals surface area contributed by atoms with Gasteiger partial charge in [-0.1, -0.05) is 0 Å². The van der Waals surface area contributed by atoms with Gasteiger partial charge in [-0.25, -0.2) is 17.9 Å². The summed E-state index contributed by atoms with van der Waals surface area (Å²) in [4.78, 5) is 8.51. The lowest BCUT2D eigenvalue weighted by Gasteiger charge is -2.36. The van der Waals surface area contributed by atoms with Crippen LogP contribution in [0.5, 0.6) is 0 Å². The predicted octanol–water partition coefficient (Wildman–Crippen LogP) is 1.19. The Balaban J connectivity index is 1.60. The molecule has 0 aliphatic carbocycles. The van der Waals surface area contributed by atoms with Crippen LogP contribution in [0.2, 0.25) is 0 Å². The van der Waals surface area contributed by atoms with E-state index in [0.29, 0.717) is 12.2 Å². The predicted molar refractivity (Wildman–Crippen MR) is 89.5 cm³/mol. The summed E-state index contributed by atoms with van der Waals surface area (Å²) in [5.74, 6) is -0.279. The molecule has 0 atom stereocenters. The fourth-order valence-electron chi connectivity index (χ4n) is 2.76. The fourth-order valence-corrected chi connectivity index (χ4v) is 3.27. The van der Waals surface area contributed by atoms with Gasteiger partial charge in [0.25, 0.3) is 0 Å². The summed E-state index contributed by atoms with van der Waals surface area (Å²) in [6.07, 6.45) is 1.60. The van der Waals surface area contributed by atoms with E-state index >= 15 is 0 Å². The zero-order valence-electron chi connectivity index (χ0n) is 13.1. The van der Waals surface area contributed by atoms with Crippen molar-refractivity contribution in [3.63, 3.8) is 0 Å². The van der Waals surface area contributed by atoms with Gasteiger partial charge in [-0.15, -0.1) is 0 Å². The molecule has 0 radical (unpaired) electrons. The molecule has 128 valence electrons. The minimum atomic E-state index is -3.67. The molecule has 0 bridgehead atoms. The van der Waals surface area contributed by atoms with Crippen molar-refractivity contribution in [2.24, 2.45) is 5.14 Å². The van der Waals surface area contributed by atoms with E-state index in [9.17, 15) is 12.8 Å². The third-order valence-electron chi connectivity index (χ3n) is 4.11. The van der Waals surface area contributed by atoms with Crippen molar-refractivity contribution in [3.05, 3.63) is 54.1 Å². The maximum atomic E-state index is 13.7. The van der Waals surface area contributed by atoms with Crippen LogP contribution in [0, 0.1) is 5.82 Å². The highest BCUT2D eigenvalue weighted by Gasteiger charge is 2.19. The molecule has 24 heavy (non-hydrogen) atoms. The molecule has 1 aliphatic rings. The van der Waals surface area contributed by atoms with Crippen molar-refractivity contribution in [2.45, 2.75) is 11.4 Å². The molecule has 3 rings (SSSR count). The number of nitrogens with zero attached hydrogens (tertiary/aromatic N) is 3. The van der Waals surface area contributed by atoms with Crippen LogP contribution in [0.3, 0.4) is 0 Å². The Morgan fingerprint density at radius 1 is 1.08 bits per heavy atom. The number of hydrogen-bond donors (Lipinski definition) is 1. The lowest BCUT2D eigenvalue weighted by molar-refractivity contribution is 0.243. The fraction of sp³-hybridized carbons (Fsp3) is 0.312. The van der Waals surface area contributed by atoms with E-state index in [0.717, 1.165) is 31.9 Å². The second-order valence-electron chi connectivity index (χ2n) is 5.73. The molecule has 6 nitrogen and oxygen atoms in total. The maximum absolute atomic E-state index is 13.7. The average Bonchev–Trinajstić information content (AvgIpc) is 2.57. The first-order chi connectivity index (χ1) is 11.4. The summed E-state index contributed by atoms with van der Waals surface area (Å²) in [5, 5.41) is 5.10. The molecular formula is C16H19FN4O2S. The Bertz CT molecular complexity index is 803. The molecule has 0 unspecified atom stereocenters. The molecule has 1 saturated heterocycles. The normalized spacial score (nSPS) is 16.3. The van der Waals surface area contributed by atoms with Crippen molar-refractivity contribution in [2.75, 3.05) is 31.1 Å². The number of anilines is 1. The summed E-state index contributed by atoms with van der Waals surface area (Å²) in [6, 6.07) is 9.55. The van der Waals surface area contributed by atoms with E-state index in [1.54, 1.807) is 24.4 Å². The van der Waals surface area contributed by atoms with Gasteiger partial charge in [0.1, 0.15) is 5.82 Å². The van der Waals surface area contributed by atoms with Crippen LogP contribution >= 0.6 is 0 Å². The number of nitrogens with two attached hydrogens (primary N) is 1. The van der Waals surface area contributed by atoms with Gasteiger partial charge in [0, 0.05) is 44.6 Å². The van der Waals surface area contributed by atoms with Gasteiger partial charge in [-0.2, -0.15) is 0 Å². The minimum Gasteiger partial charge on any atom is -0.369 e. The van der Waals surface area contributed by atoms with Crippen LogP contribution in [0.4, 0.5) is 10.1 Å². The molecule has 1 aromatic heterocycles. The molecule has 1 aliphatic heterocycles. The first-order valence-corrected chi connectivity index (χ1v) is 9.18. The number of benzene rings is 1. The zero-order chi connectivity index (χ0) is 17.2. The molecule has 2 aromatic rings. The van der Waals surface area contributed by atoms with Crippen molar-refractivity contribution in [3.8, 4) is 0 Å². The highest BCUT2D eigenvalue weighted by molar-refractivity contribution is 7.89. The molecule has 2 heterocycles. The summed E-state index contributed by atoms with van der Waals surface area (Å²) >= 11 is 0. The largest absolute Gasteiger partial charge is 0.369 e. The topological polar surface area (TPSA) is 79.5 Å². The van der Waals surface area contributed by atoms with Gasteiger partial charge >= 0.3 is 0 Å². The van der Waals surface area contributed by atoms with Gasteiger partial charge in [0.15, 0.2) is 0 Å². The first-order valence-electron chi connectivity index (χ1n) is 7.63. The number of aromatic nitrogens is 1. The molecule has 8 heteroatoms. The maximum Gasteiger partial charge on any atom is 0.238 e. The highest BCUT2D eigenvalue weighted by atomic mass is 32.2. The van der Waals surface area contributed by atoms with Crippen molar-refractivity contribution < 1.29 is 12.8 Å². The lowest BCUT2D eigenvalue weighted by atomic mass is 10.2. The van der Waals surface area contributed by atoms with Crippen LogP contribution in [0.1, 0.15) is 5.69 Å². The van der Waals surface area contributed by atoms with E-state index in [-0.39, 0.29) is 10.7 Å². The summed E-state index contributed by atoms with van der Waals surface area (Å²) in [6.45, 7) is 3.62. The number of hydrogen-bond acceptors (Lipinski definition) is 5.